The third-order valence-electron chi connectivity index (χ3n) is 3.10. The highest BCUT2D eigenvalue weighted by atomic mass is 79.9. The summed E-state index contributed by atoms with van der Waals surface area (Å²) in [5.41, 5.74) is 0. The summed E-state index contributed by atoms with van der Waals surface area (Å²) in [6.07, 6.45) is 17.8. The summed E-state index contributed by atoms with van der Waals surface area (Å²) in [4.78, 5) is 12.1. The first-order chi connectivity index (χ1) is 10.3. The van der Waals surface area contributed by atoms with Gasteiger partial charge in [-0.1, -0.05) is 65.6 Å². The van der Waals surface area contributed by atoms with Gasteiger partial charge in [-0.15, -0.1) is 0 Å². The lowest BCUT2D eigenvalue weighted by Crippen LogP contribution is -1.92. The molecule has 0 aliphatic carbocycles. The maximum atomic E-state index is 10.3. The van der Waals surface area contributed by atoms with Crippen molar-refractivity contribution < 1.29 is 9.90 Å². The van der Waals surface area contributed by atoms with Gasteiger partial charge in [-0.05, 0) is 43.2 Å². The molecular weight excluding hydrogens is 328 g/mol. The molecule has 0 radical (unpaired) electrons. The Labute approximate surface area is 137 Å². The summed E-state index contributed by atoms with van der Waals surface area (Å²) >= 11 is 3.19. The van der Waals surface area contributed by atoms with Crippen LogP contribution in [0.1, 0.15) is 70.6 Å². The van der Waals surface area contributed by atoms with Crippen molar-refractivity contribution in [2.75, 3.05) is 0 Å². The smallest absolute Gasteiger partial charge is 0.303 e. The van der Waals surface area contributed by atoms with Gasteiger partial charge in [0, 0.05) is 12.8 Å². The minimum atomic E-state index is -0.700. The molecule has 0 aromatic heterocycles. The van der Waals surface area contributed by atoms with Crippen LogP contribution < -0.4 is 0 Å². The Morgan fingerprint density at radius 3 is 2.24 bits per heavy atom. The van der Waals surface area contributed by atoms with Crippen LogP contribution in [0.2, 0.25) is 0 Å². The second-order valence-electron chi connectivity index (χ2n) is 5.03. The van der Waals surface area contributed by atoms with Crippen molar-refractivity contribution in [1.29, 1.82) is 0 Å². The molecule has 0 aromatic carbocycles. The SMILES string of the molecule is O=C(O)CCC/C=C/CCCCCCCCC#C/C=C/Br. The molecule has 0 saturated heterocycles. The van der Waals surface area contributed by atoms with E-state index in [4.69, 9.17) is 5.11 Å². The quantitative estimate of drug-likeness (QED) is 0.272. The first-order valence-electron chi connectivity index (χ1n) is 7.87. The van der Waals surface area contributed by atoms with E-state index in [1.165, 1.54) is 38.5 Å². The maximum Gasteiger partial charge on any atom is 0.303 e. The molecule has 0 amide bonds. The maximum absolute atomic E-state index is 10.3. The third kappa shape index (κ3) is 19.0. The number of unbranched alkanes of at least 4 members (excludes halogenated alkanes) is 8. The standard InChI is InChI=1S/C18H27BrO2/c19-17-15-13-11-9-7-5-3-1-2-4-6-8-10-12-14-16-18(20)21/h8,10,15,17H,1-7,9,12,14,16H2,(H,20,21)/b10-8+,17-15+. The van der Waals surface area contributed by atoms with Crippen molar-refractivity contribution in [3.63, 3.8) is 0 Å². The second-order valence-corrected chi connectivity index (χ2v) is 5.56. The van der Waals surface area contributed by atoms with Crippen LogP contribution in [-0.4, -0.2) is 11.1 Å². The summed E-state index contributed by atoms with van der Waals surface area (Å²) in [6.45, 7) is 0. The molecule has 0 atom stereocenters. The van der Waals surface area contributed by atoms with Crippen LogP contribution in [0.3, 0.4) is 0 Å². The van der Waals surface area contributed by atoms with Gasteiger partial charge in [0.05, 0.1) is 0 Å². The summed E-state index contributed by atoms with van der Waals surface area (Å²) in [5, 5.41) is 8.49. The fraction of sp³-hybridized carbons (Fsp3) is 0.611. The Morgan fingerprint density at radius 1 is 0.952 bits per heavy atom. The summed E-state index contributed by atoms with van der Waals surface area (Å²) in [7, 11) is 0. The fourth-order valence-corrected chi connectivity index (χ4v) is 2.08. The molecular formula is C18H27BrO2. The van der Waals surface area contributed by atoms with Gasteiger partial charge >= 0.3 is 5.97 Å². The van der Waals surface area contributed by atoms with E-state index in [2.05, 4.69) is 39.9 Å². The summed E-state index contributed by atoms with van der Waals surface area (Å²) < 4.78 is 0. The molecule has 0 unspecified atom stereocenters. The molecule has 2 nitrogen and oxygen atoms in total. The van der Waals surface area contributed by atoms with Gasteiger partial charge in [0.25, 0.3) is 0 Å². The number of allylic oxidation sites excluding steroid dienone is 3. The van der Waals surface area contributed by atoms with Crippen LogP contribution in [-0.2, 0) is 4.79 Å². The number of halogens is 1. The highest BCUT2D eigenvalue weighted by molar-refractivity contribution is 9.11. The first-order valence-corrected chi connectivity index (χ1v) is 8.79. The molecule has 0 aliphatic heterocycles. The van der Waals surface area contributed by atoms with Gasteiger partial charge in [0.1, 0.15) is 0 Å². The Kier molecular flexibility index (Phi) is 16.2. The molecule has 1 N–H and O–H groups in total. The number of carboxylic acids is 1. The third-order valence-corrected chi connectivity index (χ3v) is 3.36. The zero-order valence-corrected chi connectivity index (χ0v) is 14.4. The van der Waals surface area contributed by atoms with E-state index in [0.29, 0.717) is 0 Å². The minimum absolute atomic E-state index is 0.279. The summed E-state index contributed by atoms with van der Waals surface area (Å²) in [6, 6.07) is 0. The Hall–Kier alpha value is -1.01. The number of hydrogen-bond donors (Lipinski definition) is 1. The van der Waals surface area contributed by atoms with Crippen LogP contribution in [0, 0.1) is 11.8 Å². The van der Waals surface area contributed by atoms with Gasteiger partial charge in [-0.25, -0.2) is 0 Å². The summed E-state index contributed by atoms with van der Waals surface area (Å²) in [5.74, 6) is 5.38. The van der Waals surface area contributed by atoms with Crippen molar-refractivity contribution in [2.45, 2.75) is 70.6 Å². The minimum Gasteiger partial charge on any atom is -0.481 e. The van der Waals surface area contributed by atoms with Crippen molar-refractivity contribution in [2.24, 2.45) is 0 Å². The van der Waals surface area contributed by atoms with Crippen LogP contribution >= 0.6 is 15.9 Å². The average Bonchev–Trinajstić information content (AvgIpc) is 2.46. The van der Waals surface area contributed by atoms with Gasteiger partial charge in [0.2, 0.25) is 0 Å². The van der Waals surface area contributed by atoms with Gasteiger partial charge < -0.3 is 5.11 Å². The first kappa shape index (κ1) is 20.0. The van der Waals surface area contributed by atoms with Crippen LogP contribution in [0.4, 0.5) is 0 Å². The second kappa shape index (κ2) is 17.0. The number of aliphatic carboxylic acids is 1. The monoisotopic (exact) mass is 354 g/mol. The molecule has 0 rings (SSSR count). The van der Waals surface area contributed by atoms with Gasteiger partial charge in [-0.3, -0.25) is 4.79 Å². The predicted octanol–water partition coefficient (Wildman–Crippen LogP) is 5.83. The van der Waals surface area contributed by atoms with Gasteiger partial charge in [-0.2, -0.15) is 0 Å². The molecule has 0 spiro atoms. The normalized spacial score (nSPS) is 10.9. The van der Waals surface area contributed by atoms with E-state index in [1.54, 1.807) is 4.99 Å². The topological polar surface area (TPSA) is 37.3 Å². The lowest BCUT2D eigenvalue weighted by molar-refractivity contribution is -0.137. The zero-order chi connectivity index (χ0) is 15.6. The lowest BCUT2D eigenvalue weighted by atomic mass is 10.1. The van der Waals surface area contributed by atoms with Crippen LogP contribution in [0.15, 0.2) is 23.2 Å². The molecule has 0 aromatic rings. The molecule has 0 heterocycles. The number of hydrogen-bond acceptors (Lipinski definition) is 1. The van der Waals surface area contributed by atoms with Crippen LogP contribution in [0.5, 0.6) is 0 Å². The Bertz CT molecular complexity index is 361. The van der Waals surface area contributed by atoms with E-state index in [0.717, 1.165) is 25.7 Å². The van der Waals surface area contributed by atoms with Crippen molar-refractivity contribution >= 4 is 21.9 Å². The van der Waals surface area contributed by atoms with Crippen molar-refractivity contribution in [3.05, 3.63) is 23.2 Å². The predicted molar refractivity (Wildman–Crippen MR) is 93.4 cm³/mol. The molecule has 118 valence electrons. The number of carboxylic acid groups (broad SMARTS) is 1. The van der Waals surface area contributed by atoms with E-state index >= 15 is 0 Å². The van der Waals surface area contributed by atoms with Gasteiger partial charge in [0.15, 0.2) is 0 Å². The van der Waals surface area contributed by atoms with Crippen LogP contribution in [0.25, 0.3) is 0 Å². The zero-order valence-electron chi connectivity index (χ0n) is 12.8. The van der Waals surface area contributed by atoms with E-state index in [-0.39, 0.29) is 6.42 Å². The molecule has 3 heteroatoms. The Balaban J connectivity index is 3.17. The van der Waals surface area contributed by atoms with E-state index < -0.39 is 5.97 Å². The molecule has 0 aliphatic rings. The molecule has 0 bridgehead atoms. The van der Waals surface area contributed by atoms with Crippen molar-refractivity contribution in [1.82, 2.24) is 0 Å². The van der Waals surface area contributed by atoms with Crippen molar-refractivity contribution in [3.8, 4) is 11.8 Å². The highest BCUT2D eigenvalue weighted by Crippen LogP contribution is 2.09. The lowest BCUT2D eigenvalue weighted by Gasteiger charge is -1.98. The van der Waals surface area contributed by atoms with E-state index in [1.807, 2.05) is 6.08 Å². The number of rotatable bonds is 12. The molecule has 0 fully saturated rings. The molecule has 0 saturated carbocycles. The fourth-order valence-electron chi connectivity index (χ4n) is 1.95. The highest BCUT2D eigenvalue weighted by Gasteiger charge is 1.93. The number of carbonyl (C=O) groups is 1. The Morgan fingerprint density at radius 2 is 1.57 bits per heavy atom. The average molecular weight is 355 g/mol. The van der Waals surface area contributed by atoms with E-state index in [9.17, 15) is 4.79 Å². The molecule has 21 heavy (non-hydrogen) atoms. The largest absolute Gasteiger partial charge is 0.481 e.